The van der Waals surface area contributed by atoms with E-state index in [9.17, 15) is 14.9 Å². The van der Waals surface area contributed by atoms with Crippen molar-refractivity contribution in [2.45, 2.75) is 13.3 Å². The van der Waals surface area contributed by atoms with Crippen LogP contribution in [0, 0.1) is 10.1 Å². The number of benzene rings is 2. The van der Waals surface area contributed by atoms with E-state index in [4.69, 9.17) is 4.74 Å². The van der Waals surface area contributed by atoms with E-state index >= 15 is 0 Å². The van der Waals surface area contributed by atoms with E-state index in [0.717, 1.165) is 5.56 Å². The van der Waals surface area contributed by atoms with Crippen LogP contribution >= 0.6 is 0 Å². The van der Waals surface area contributed by atoms with E-state index in [2.05, 4.69) is 4.98 Å². The number of rotatable bonds is 6. The van der Waals surface area contributed by atoms with Crippen LogP contribution in [0.2, 0.25) is 0 Å². The Balaban J connectivity index is 2.22. The van der Waals surface area contributed by atoms with Gasteiger partial charge >= 0.3 is 5.97 Å². The number of nitrogens with one attached hydrogen (secondary N) is 1. The number of H-pyrrole nitrogens is 1. The van der Waals surface area contributed by atoms with Crippen LogP contribution in [0.5, 0.6) is 0 Å². The highest BCUT2D eigenvalue weighted by Gasteiger charge is 2.30. The van der Waals surface area contributed by atoms with Crippen molar-refractivity contribution in [2.24, 2.45) is 0 Å². The standard InChI is InChI=1S/C20H18N2O4/c1-2-26-17(23)13-16-18(14-9-5-3-6-10-14)21-19(20(16)22(24)25)15-11-7-4-8-12-15/h3-12,21H,2,13H2,1H3. The van der Waals surface area contributed by atoms with Crippen molar-refractivity contribution in [1.29, 1.82) is 0 Å². The summed E-state index contributed by atoms with van der Waals surface area (Å²) in [6.45, 7) is 1.93. The summed E-state index contributed by atoms with van der Waals surface area (Å²) in [5, 5.41) is 11.8. The van der Waals surface area contributed by atoms with Gasteiger partial charge in [-0.05, 0) is 12.5 Å². The van der Waals surface area contributed by atoms with Crippen LogP contribution < -0.4 is 0 Å². The van der Waals surface area contributed by atoms with Crippen LogP contribution in [0.3, 0.4) is 0 Å². The maximum Gasteiger partial charge on any atom is 0.310 e. The zero-order valence-corrected chi connectivity index (χ0v) is 14.3. The van der Waals surface area contributed by atoms with Gasteiger partial charge in [-0.2, -0.15) is 0 Å². The summed E-state index contributed by atoms with van der Waals surface area (Å²) in [7, 11) is 0. The second-order valence-electron chi connectivity index (χ2n) is 5.67. The second-order valence-corrected chi connectivity index (χ2v) is 5.67. The molecule has 0 fully saturated rings. The van der Waals surface area contributed by atoms with Crippen molar-refractivity contribution < 1.29 is 14.5 Å². The molecule has 0 bridgehead atoms. The lowest BCUT2D eigenvalue weighted by Crippen LogP contribution is -2.09. The molecule has 1 heterocycles. The Morgan fingerprint density at radius 3 is 2.04 bits per heavy atom. The Bertz CT molecular complexity index is 918. The zero-order chi connectivity index (χ0) is 18.5. The molecule has 0 saturated carbocycles. The molecular weight excluding hydrogens is 332 g/mol. The number of carbonyl (C=O) groups is 1. The van der Waals surface area contributed by atoms with E-state index in [1.54, 1.807) is 19.1 Å². The minimum absolute atomic E-state index is 0.0943. The number of hydrogen-bond acceptors (Lipinski definition) is 4. The minimum Gasteiger partial charge on any atom is -0.466 e. The molecule has 3 aromatic rings. The normalized spacial score (nSPS) is 10.5. The predicted molar refractivity (Wildman–Crippen MR) is 98.7 cm³/mol. The van der Waals surface area contributed by atoms with Crippen LogP contribution in [0.25, 0.3) is 22.5 Å². The molecule has 0 aliphatic carbocycles. The number of aromatic nitrogens is 1. The van der Waals surface area contributed by atoms with Crippen molar-refractivity contribution in [2.75, 3.05) is 6.61 Å². The van der Waals surface area contributed by atoms with Gasteiger partial charge in [0.2, 0.25) is 0 Å². The van der Waals surface area contributed by atoms with E-state index in [0.29, 0.717) is 22.5 Å². The number of nitro groups is 1. The first-order valence-electron chi connectivity index (χ1n) is 8.27. The largest absolute Gasteiger partial charge is 0.466 e. The first-order valence-corrected chi connectivity index (χ1v) is 8.27. The molecule has 0 saturated heterocycles. The summed E-state index contributed by atoms with van der Waals surface area (Å²) >= 11 is 0. The van der Waals surface area contributed by atoms with Gasteiger partial charge in [-0.1, -0.05) is 60.7 Å². The van der Waals surface area contributed by atoms with E-state index < -0.39 is 10.9 Å². The van der Waals surface area contributed by atoms with Crippen LogP contribution in [0.15, 0.2) is 60.7 Å². The molecule has 3 rings (SSSR count). The second kappa shape index (κ2) is 7.65. The zero-order valence-electron chi connectivity index (χ0n) is 14.3. The Morgan fingerprint density at radius 1 is 1.00 bits per heavy atom. The number of hydrogen-bond donors (Lipinski definition) is 1. The van der Waals surface area contributed by atoms with Gasteiger partial charge in [-0.3, -0.25) is 14.9 Å². The highest BCUT2D eigenvalue weighted by molar-refractivity contribution is 5.86. The molecule has 6 nitrogen and oxygen atoms in total. The third-order valence-electron chi connectivity index (χ3n) is 4.01. The molecule has 0 unspecified atom stereocenters. The molecule has 0 amide bonds. The van der Waals surface area contributed by atoms with Crippen LogP contribution in [-0.2, 0) is 16.0 Å². The molecule has 26 heavy (non-hydrogen) atoms. The van der Waals surface area contributed by atoms with E-state index in [1.807, 2.05) is 48.5 Å². The first kappa shape index (κ1) is 17.4. The fraction of sp³-hybridized carbons (Fsp3) is 0.150. The summed E-state index contributed by atoms with van der Waals surface area (Å²) in [6, 6.07) is 18.3. The topological polar surface area (TPSA) is 85.2 Å². The molecule has 2 aromatic carbocycles. The summed E-state index contributed by atoms with van der Waals surface area (Å²) in [4.78, 5) is 26.6. The van der Waals surface area contributed by atoms with E-state index in [-0.39, 0.29) is 18.7 Å². The Morgan fingerprint density at radius 2 is 1.54 bits per heavy atom. The maximum atomic E-state index is 12.1. The Hall–Kier alpha value is -3.41. The summed E-state index contributed by atoms with van der Waals surface area (Å²) < 4.78 is 5.01. The molecule has 0 spiro atoms. The number of esters is 1. The van der Waals surface area contributed by atoms with Gasteiger partial charge in [0.1, 0.15) is 5.69 Å². The van der Waals surface area contributed by atoms with Crippen molar-refractivity contribution in [3.05, 3.63) is 76.3 Å². The molecule has 0 atom stereocenters. The Kier molecular flexibility index (Phi) is 5.12. The minimum atomic E-state index is -0.494. The van der Waals surface area contributed by atoms with Crippen LogP contribution in [-0.4, -0.2) is 22.5 Å². The third-order valence-corrected chi connectivity index (χ3v) is 4.01. The van der Waals surface area contributed by atoms with Gasteiger partial charge in [-0.25, -0.2) is 0 Å². The predicted octanol–water partition coefficient (Wildman–Crippen LogP) is 4.36. The SMILES string of the molecule is CCOC(=O)Cc1c(-c2ccccc2)[nH]c(-c2ccccc2)c1[N+](=O)[O-]. The van der Waals surface area contributed by atoms with Gasteiger partial charge < -0.3 is 9.72 Å². The molecular formula is C20H18N2O4. The summed E-state index contributed by atoms with van der Waals surface area (Å²) in [5.41, 5.74) is 2.64. The highest BCUT2D eigenvalue weighted by Crippen LogP contribution is 2.39. The quantitative estimate of drug-likeness (QED) is 0.406. The number of carbonyl (C=O) groups excluding carboxylic acids is 1. The molecule has 1 N–H and O–H groups in total. The lowest BCUT2D eigenvalue weighted by molar-refractivity contribution is -0.384. The molecule has 1 aromatic heterocycles. The smallest absolute Gasteiger partial charge is 0.310 e. The van der Waals surface area contributed by atoms with Crippen LogP contribution in [0.1, 0.15) is 12.5 Å². The summed E-state index contributed by atoms with van der Waals surface area (Å²) in [5.74, 6) is -0.494. The molecule has 0 aliphatic rings. The maximum absolute atomic E-state index is 12.1. The van der Waals surface area contributed by atoms with Gasteiger partial charge in [0.25, 0.3) is 5.69 Å². The molecule has 6 heteroatoms. The fourth-order valence-electron chi connectivity index (χ4n) is 2.92. The average Bonchev–Trinajstić information content (AvgIpc) is 3.02. The average molecular weight is 350 g/mol. The first-order chi connectivity index (χ1) is 12.6. The van der Waals surface area contributed by atoms with Crippen molar-refractivity contribution >= 4 is 11.7 Å². The fourth-order valence-corrected chi connectivity index (χ4v) is 2.92. The van der Waals surface area contributed by atoms with Gasteiger partial charge in [0.15, 0.2) is 0 Å². The lowest BCUT2D eigenvalue weighted by atomic mass is 10.0. The van der Waals surface area contributed by atoms with Gasteiger partial charge in [-0.15, -0.1) is 0 Å². The monoisotopic (exact) mass is 350 g/mol. The molecule has 0 radical (unpaired) electrons. The third kappa shape index (κ3) is 3.49. The summed E-state index contributed by atoms with van der Waals surface area (Å²) in [6.07, 6.45) is -0.169. The van der Waals surface area contributed by atoms with Crippen molar-refractivity contribution in [3.63, 3.8) is 0 Å². The highest BCUT2D eigenvalue weighted by atomic mass is 16.6. The Labute approximate surface area is 150 Å². The molecule has 132 valence electrons. The van der Waals surface area contributed by atoms with Gasteiger partial charge in [0.05, 0.1) is 29.2 Å². The number of nitrogens with zero attached hydrogens (tertiary/aromatic N) is 1. The van der Waals surface area contributed by atoms with Crippen molar-refractivity contribution in [3.8, 4) is 22.5 Å². The van der Waals surface area contributed by atoms with Gasteiger partial charge in [0, 0.05) is 5.56 Å². The lowest BCUT2D eigenvalue weighted by Gasteiger charge is -2.04. The molecule has 0 aliphatic heterocycles. The number of ether oxygens (including phenoxy) is 1. The number of aromatic amines is 1. The van der Waals surface area contributed by atoms with Crippen molar-refractivity contribution in [1.82, 2.24) is 4.98 Å². The van der Waals surface area contributed by atoms with Crippen LogP contribution in [0.4, 0.5) is 5.69 Å². The van der Waals surface area contributed by atoms with E-state index in [1.165, 1.54) is 0 Å².